The maximum Gasteiger partial charge on any atom is 0.0662 e. The van der Waals surface area contributed by atoms with Gasteiger partial charge in [0.1, 0.15) is 0 Å². The van der Waals surface area contributed by atoms with Gasteiger partial charge in [-0.3, -0.25) is 0 Å². The monoisotopic (exact) mass is 243 g/mol. The van der Waals surface area contributed by atoms with Crippen molar-refractivity contribution in [1.82, 2.24) is 0 Å². The highest BCUT2D eigenvalue weighted by atomic mass is 35.5. The van der Waals surface area contributed by atoms with Crippen LogP contribution in [0.25, 0.3) is 0 Å². The van der Waals surface area contributed by atoms with Gasteiger partial charge in [-0.15, -0.1) is 11.8 Å². The van der Waals surface area contributed by atoms with Gasteiger partial charge in [0.2, 0.25) is 0 Å². The highest BCUT2D eigenvalue weighted by molar-refractivity contribution is 8.00. The molecule has 0 heterocycles. The van der Waals surface area contributed by atoms with Crippen molar-refractivity contribution in [1.29, 1.82) is 0 Å². The molecule has 1 saturated carbocycles. The zero-order valence-corrected chi connectivity index (χ0v) is 9.89. The Kier molecular flexibility index (Phi) is 3.44. The molecule has 2 nitrogen and oxygen atoms in total. The van der Waals surface area contributed by atoms with Crippen LogP contribution < -0.4 is 5.73 Å². The van der Waals surface area contributed by atoms with E-state index in [9.17, 15) is 5.11 Å². The minimum Gasteiger partial charge on any atom is -0.399 e. The Hall–Kier alpha value is -0.380. The van der Waals surface area contributed by atoms with E-state index >= 15 is 0 Å². The maximum atomic E-state index is 9.72. The highest BCUT2D eigenvalue weighted by Gasteiger charge is 2.26. The van der Waals surface area contributed by atoms with Gasteiger partial charge < -0.3 is 10.8 Å². The van der Waals surface area contributed by atoms with E-state index in [0.29, 0.717) is 5.02 Å². The Morgan fingerprint density at radius 3 is 2.87 bits per heavy atom. The smallest absolute Gasteiger partial charge is 0.0662 e. The molecule has 1 aliphatic carbocycles. The Bertz CT molecular complexity index is 358. The lowest BCUT2D eigenvalue weighted by Gasteiger charge is -2.14. The van der Waals surface area contributed by atoms with Crippen LogP contribution in [0.15, 0.2) is 23.1 Å². The summed E-state index contributed by atoms with van der Waals surface area (Å²) in [5, 5.41) is 10.7. The summed E-state index contributed by atoms with van der Waals surface area (Å²) in [5.74, 6) is 0. The van der Waals surface area contributed by atoms with E-state index in [-0.39, 0.29) is 11.4 Å². The van der Waals surface area contributed by atoms with E-state index in [1.807, 2.05) is 6.07 Å². The van der Waals surface area contributed by atoms with Gasteiger partial charge in [-0.25, -0.2) is 0 Å². The summed E-state index contributed by atoms with van der Waals surface area (Å²) in [6.45, 7) is 0. The summed E-state index contributed by atoms with van der Waals surface area (Å²) in [6, 6.07) is 5.47. The molecule has 1 aromatic rings. The van der Waals surface area contributed by atoms with Gasteiger partial charge in [0.05, 0.1) is 11.1 Å². The molecule has 4 heteroatoms. The summed E-state index contributed by atoms with van der Waals surface area (Å²) in [5.41, 5.74) is 6.42. The molecule has 0 bridgehead atoms. The molecule has 15 heavy (non-hydrogen) atoms. The number of nitrogens with two attached hydrogens (primary N) is 1. The van der Waals surface area contributed by atoms with E-state index in [0.717, 1.165) is 29.8 Å². The van der Waals surface area contributed by atoms with Crippen LogP contribution >= 0.6 is 23.4 Å². The van der Waals surface area contributed by atoms with Crippen molar-refractivity contribution >= 4 is 29.1 Å². The molecule has 0 spiro atoms. The fraction of sp³-hybridized carbons (Fsp3) is 0.455. The van der Waals surface area contributed by atoms with Crippen molar-refractivity contribution in [2.24, 2.45) is 0 Å². The number of halogens is 1. The first kappa shape index (κ1) is 11.1. The molecule has 82 valence electrons. The van der Waals surface area contributed by atoms with Crippen LogP contribution in [0.3, 0.4) is 0 Å². The summed E-state index contributed by atoms with van der Waals surface area (Å²) >= 11 is 7.70. The van der Waals surface area contributed by atoms with Crippen molar-refractivity contribution < 1.29 is 5.11 Å². The van der Waals surface area contributed by atoms with E-state index in [1.165, 1.54) is 0 Å². The van der Waals surface area contributed by atoms with Crippen LogP contribution in [0, 0.1) is 0 Å². The SMILES string of the molecule is Nc1ccc(Cl)c(SC2CCCC2O)c1. The molecular weight excluding hydrogens is 230 g/mol. The quantitative estimate of drug-likeness (QED) is 0.786. The van der Waals surface area contributed by atoms with Gasteiger partial charge in [-0.2, -0.15) is 0 Å². The molecule has 2 atom stereocenters. The van der Waals surface area contributed by atoms with E-state index in [2.05, 4.69) is 0 Å². The second kappa shape index (κ2) is 4.64. The van der Waals surface area contributed by atoms with Crippen LogP contribution in [0.4, 0.5) is 5.69 Å². The van der Waals surface area contributed by atoms with Gasteiger partial charge in [0.15, 0.2) is 0 Å². The second-order valence-corrected chi connectivity index (χ2v) is 5.53. The van der Waals surface area contributed by atoms with Gasteiger partial charge in [-0.05, 0) is 37.5 Å². The second-order valence-electron chi connectivity index (χ2n) is 3.84. The topological polar surface area (TPSA) is 46.2 Å². The van der Waals surface area contributed by atoms with Crippen LogP contribution in [0.2, 0.25) is 5.02 Å². The third-order valence-electron chi connectivity index (χ3n) is 2.65. The summed E-state index contributed by atoms with van der Waals surface area (Å²) in [4.78, 5) is 0.975. The number of aliphatic hydroxyl groups is 1. The Morgan fingerprint density at radius 1 is 1.40 bits per heavy atom. The molecule has 0 aliphatic heterocycles. The fourth-order valence-electron chi connectivity index (χ4n) is 1.82. The predicted molar refractivity (Wildman–Crippen MR) is 65.4 cm³/mol. The fourth-order valence-corrected chi connectivity index (χ4v) is 3.36. The van der Waals surface area contributed by atoms with Crippen molar-refractivity contribution in [3.8, 4) is 0 Å². The Balaban J connectivity index is 2.12. The zero-order valence-electron chi connectivity index (χ0n) is 8.32. The molecule has 0 aromatic heterocycles. The predicted octanol–water partition coefficient (Wildman–Crippen LogP) is 2.93. The number of hydrogen-bond acceptors (Lipinski definition) is 3. The van der Waals surface area contributed by atoms with Crippen LogP contribution in [-0.2, 0) is 0 Å². The van der Waals surface area contributed by atoms with Crippen molar-refractivity contribution in [3.63, 3.8) is 0 Å². The number of anilines is 1. The summed E-state index contributed by atoms with van der Waals surface area (Å²) in [6.07, 6.45) is 2.85. The van der Waals surface area contributed by atoms with E-state index < -0.39 is 0 Å². The van der Waals surface area contributed by atoms with Crippen LogP contribution in [0.1, 0.15) is 19.3 Å². The highest BCUT2D eigenvalue weighted by Crippen LogP contribution is 2.38. The average Bonchev–Trinajstić information content (AvgIpc) is 2.58. The number of aliphatic hydroxyl groups excluding tert-OH is 1. The molecule has 1 fully saturated rings. The third-order valence-corrected chi connectivity index (χ3v) is 4.54. The number of benzene rings is 1. The summed E-state index contributed by atoms with van der Waals surface area (Å²) in [7, 11) is 0. The Morgan fingerprint density at radius 2 is 2.20 bits per heavy atom. The minimum absolute atomic E-state index is 0.201. The lowest BCUT2D eigenvalue weighted by atomic mass is 10.3. The average molecular weight is 244 g/mol. The first-order valence-electron chi connectivity index (χ1n) is 5.06. The van der Waals surface area contributed by atoms with E-state index in [1.54, 1.807) is 23.9 Å². The molecule has 1 aromatic carbocycles. The summed E-state index contributed by atoms with van der Waals surface area (Å²) < 4.78 is 0. The van der Waals surface area contributed by atoms with Crippen molar-refractivity contribution in [2.75, 3.05) is 5.73 Å². The molecule has 0 amide bonds. The molecule has 2 rings (SSSR count). The van der Waals surface area contributed by atoms with Gasteiger partial charge >= 0.3 is 0 Å². The lowest BCUT2D eigenvalue weighted by Crippen LogP contribution is -2.14. The Labute approximate surface area is 98.8 Å². The van der Waals surface area contributed by atoms with Crippen LogP contribution in [-0.4, -0.2) is 16.5 Å². The van der Waals surface area contributed by atoms with Gasteiger partial charge in [-0.1, -0.05) is 11.6 Å². The first-order chi connectivity index (χ1) is 7.16. The van der Waals surface area contributed by atoms with Gasteiger partial charge in [0.25, 0.3) is 0 Å². The van der Waals surface area contributed by atoms with Crippen molar-refractivity contribution in [2.45, 2.75) is 35.5 Å². The maximum absolute atomic E-state index is 9.72. The minimum atomic E-state index is -0.201. The number of nitrogen functional groups attached to an aromatic ring is 1. The first-order valence-corrected chi connectivity index (χ1v) is 6.32. The van der Waals surface area contributed by atoms with E-state index in [4.69, 9.17) is 17.3 Å². The molecule has 2 unspecified atom stereocenters. The van der Waals surface area contributed by atoms with Crippen molar-refractivity contribution in [3.05, 3.63) is 23.2 Å². The normalized spacial score (nSPS) is 25.7. The van der Waals surface area contributed by atoms with Crippen LogP contribution in [0.5, 0.6) is 0 Å². The largest absolute Gasteiger partial charge is 0.399 e. The number of thioether (sulfide) groups is 1. The number of rotatable bonds is 2. The molecule has 0 saturated heterocycles. The lowest BCUT2D eigenvalue weighted by molar-refractivity contribution is 0.188. The molecule has 0 radical (unpaired) electrons. The standard InChI is InChI=1S/C11H14ClNOS/c12-8-5-4-7(13)6-11(8)15-10-3-1-2-9(10)14/h4-6,9-10,14H,1-3,13H2. The molecule has 1 aliphatic rings. The molecular formula is C11H14ClNOS. The molecule has 3 N–H and O–H groups in total. The number of hydrogen-bond donors (Lipinski definition) is 2. The third kappa shape index (κ3) is 2.60. The van der Waals surface area contributed by atoms with Gasteiger partial charge in [0, 0.05) is 15.8 Å². The zero-order chi connectivity index (χ0) is 10.8.